The number of benzene rings is 3. The highest BCUT2D eigenvalue weighted by molar-refractivity contribution is 7.90. The molecule has 0 atom stereocenters. The van der Waals surface area contributed by atoms with Crippen molar-refractivity contribution in [1.82, 2.24) is 4.72 Å². The maximum atomic E-state index is 13.5. The Labute approximate surface area is 309 Å². The maximum absolute atomic E-state index is 13.5. The molecule has 0 bridgehead atoms. The molecule has 1 fully saturated rings. The highest BCUT2D eigenvalue weighted by Crippen LogP contribution is 2.32. The molecule has 1 amide bonds. The molecule has 1 heterocycles. The lowest BCUT2D eigenvalue weighted by Crippen LogP contribution is -2.39. The van der Waals surface area contributed by atoms with Crippen molar-refractivity contribution in [3.8, 4) is 5.75 Å². The Kier molecular flexibility index (Phi) is 15.4. The van der Waals surface area contributed by atoms with Gasteiger partial charge in [0.2, 0.25) is 0 Å². The molecule has 1 aromatic heterocycles. The van der Waals surface area contributed by atoms with E-state index in [1.165, 1.54) is 83.1 Å². The number of unbranched alkanes of at least 4 members (excludes halogenated alkanes) is 13. The minimum absolute atomic E-state index is 0.00808. The van der Waals surface area contributed by atoms with E-state index in [1.807, 2.05) is 30.3 Å². The number of para-hydroxylation sites is 1. The zero-order chi connectivity index (χ0) is 36.6. The van der Waals surface area contributed by atoms with E-state index in [9.17, 15) is 18.0 Å². The van der Waals surface area contributed by atoms with Gasteiger partial charge in [0.1, 0.15) is 5.75 Å². The summed E-state index contributed by atoms with van der Waals surface area (Å²) < 4.78 is 43.3. The number of carbonyl (C=O) groups excluding carboxylic acids is 1. The molecule has 5 rings (SSSR count). The lowest BCUT2D eigenvalue weighted by atomic mass is 9.96. The number of fused-ring (bicyclic) bond motifs is 2. The van der Waals surface area contributed by atoms with Gasteiger partial charge >= 0.3 is 0 Å². The fraction of sp³-hybridized carbons (Fsp3) is 0.524. The summed E-state index contributed by atoms with van der Waals surface area (Å²) in [5, 5.41) is 4.71. The maximum Gasteiger partial charge on any atom is 0.299 e. The van der Waals surface area contributed by atoms with Gasteiger partial charge in [0.15, 0.2) is 16.8 Å². The number of carbonyl (C=O) groups is 1. The fourth-order valence-electron chi connectivity index (χ4n) is 7.16. The summed E-state index contributed by atoms with van der Waals surface area (Å²) in [7, 11) is -3.94. The standard InChI is InChI=1S/C42H57N3O6S/c1-2-3-4-5-6-7-8-9-10-11-12-13-14-18-30-50-39-29-21-24-33-34(39)25-19-27-36(33)43-42(47)40-31-38(46)35-26-20-28-37(41(35)51-40)45-52(48,49)44-32-22-16-15-17-23-32/h19-21,24-29,31-32,44-45H,2-18,22-23,30H2,1H3,(H,43,47). The first-order valence-corrected chi connectivity index (χ1v) is 21.2. The van der Waals surface area contributed by atoms with Crippen LogP contribution in [0.4, 0.5) is 11.4 Å². The smallest absolute Gasteiger partial charge is 0.299 e. The van der Waals surface area contributed by atoms with Crippen LogP contribution < -0.4 is 24.9 Å². The lowest BCUT2D eigenvalue weighted by molar-refractivity contribution is 0.0997. The van der Waals surface area contributed by atoms with E-state index < -0.39 is 21.5 Å². The minimum Gasteiger partial charge on any atom is -0.493 e. The van der Waals surface area contributed by atoms with Gasteiger partial charge in [-0.25, -0.2) is 0 Å². The van der Waals surface area contributed by atoms with Crippen molar-refractivity contribution in [3.63, 3.8) is 0 Å². The van der Waals surface area contributed by atoms with Crippen molar-refractivity contribution in [3.05, 3.63) is 76.6 Å². The number of rotatable bonds is 22. The zero-order valence-electron chi connectivity index (χ0n) is 30.9. The van der Waals surface area contributed by atoms with Crippen LogP contribution in [-0.4, -0.2) is 27.0 Å². The molecule has 0 spiro atoms. The van der Waals surface area contributed by atoms with Crippen molar-refractivity contribution in [2.24, 2.45) is 0 Å². The van der Waals surface area contributed by atoms with Gasteiger partial charge in [0, 0.05) is 28.6 Å². The first kappa shape index (κ1) is 39.3. The molecule has 1 saturated carbocycles. The van der Waals surface area contributed by atoms with Crippen LogP contribution in [0.2, 0.25) is 0 Å². The second-order valence-electron chi connectivity index (χ2n) is 14.3. The van der Waals surface area contributed by atoms with Crippen LogP contribution in [0, 0.1) is 0 Å². The van der Waals surface area contributed by atoms with Gasteiger partial charge in [0.25, 0.3) is 16.1 Å². The Morgan fingerprint density at radius 2 is 1.31 bits per heavy atom. The molecule has 0 aliphatic heterocycles. The summed E-state index contributed by atoms with van der Waals surface area (Å²) in [6.07, 6.45) is 22.9. The van der Waals surface area contributed by atoms with Gasteiger partial charge < -0.3 is 14.5 Å². The molecule has 0 saturated heterocycles. The second kappa shape index (κ2) is 20.4. The van der Waals surface area contributed by atoms with Gasteiger partial charge in [-0.2, -0.15) is 13.1 Å². The number of hydrogen-bond acceptors (Lipinski definition) is 6. The highest BCUT2D eigenvalue weighted by atomic mass is 32.2. The zero-order valence-corrected chi connectivity index (χ0v) is 31.7. The summed E-state index contributed by atoms with van der Waals surface area (Å²) in [5.74, 6) is -0.107. The summed E-state index contributed by atoms with van der Waals surface area (Å²) >= 11 is 0. The van der Waals surface area contributed by atoms with E-state index in [1.54, 1.807) is 18.2 Å². The number of nitrogens with one attached hydrogen (secondary N) is 3. The van der Waals surface area contributed by atoms with Crippen LogP contribution in [0.25, 0.3) is 21.7 Å². The monoisotopic (exact) mass is 731 g/mol. The molecule has 10 heteroatoms. The van der Waals surface area contributed by atoms with Crippen molar-refractivity contribution in [2.75, 3.05) is 16.6 Å². The Morgan fingerprint density at radius 3 is 1.98 bits per heavy atom. The number of hydrogen-bond donors (Lipinski definition) is 3. The molecule has 3 N–H and O–H groups in total. The topological polar surface area (TPSA) is 127 Å². The lowest BCUT2D eigenvalue weighted by Gasteiger charge is -2.23. The van der Waals surface area contributed by atoms with Crippen molar-refractivity contribution >= 4 is 49.2 Å². The van der Waals surface area contributed by atoms with E-state index in [0.29, 0.717) is 12.3 Å². The number of anilines is 2. The van der Waals surface area contributed by atoms with Crippen LogP contribution >= 0.6 is 0 Å². The van der Waals surface area contributed by atoms with Crippen molar-refractivity contribution in [1.29, 1.82) is 0 Å². The van der Waals surface area contributed by atoms with Crippen LogP contribution in [0.3, 0.4) is 0 Å². The van der Waals surface area contributed by atoms with Crippen LogP contribution in [0.1, 0.15) is 139 Å². The Hall–Kier alpha value is -3.89. The van der Waals surface area contributed by atoms with Crippen molar-refractivity contribution < 1.29 is 22.4 Å². The van der Waals surface area contributed by atoms with Gasteiger partial charge in [-0.3, -0.25) is 14.3 Å². The first-order chi connectivity index (χ1) is 25.3. The Bertz CT molecular complexity index is 1900. The van der Waals surface area contributed by atoms with Gasteiger partial charge in [-0.1, -0.05) is 140 Å². The molecule has 1 aliphatic rings. The predicted octanol–water partition coefficient (Wildman–Crippen LogP) is 10.6. The largest absolute Gasteiger partial charge is 0.493 e. The molecule has 3 aromatic carbocycles. The third kappa shape index (κ3) is 11.8. The molecular weight excluding hydrogens is 675 g/mol. The molecule has 1 aliphatic carbocycles. The summed E-state index contributed by atoms with van der Waals surface area (Å²) in [6, 6.07) is 16.9. The van der Waals surface area contributed by atoms with E-state index in [0.717, 1.165) is 67.5 Å². The van der Waals surface area contributed by atoms with Crippen LogP contribution in [-0.2, 0) is 10.2 Å². The summed E-state index contributed by atoms with van der Waals surface area (Å²) in [4.78, 5) is 26.6. The second-order valence-corrected chi connectivity index (χ2v) is 15.7. The summed E-state index contributed by atoms with van der Waals surface area (Å²) in [6.45, 7) is 2.89. The SMILES string of the molecule is CCCCCCCCCCCCCCCCOc1cccc2c(NC(=O)c3cc(=O)c4cccc(NS(=O)(=O)NC5CCCCC5)c4o3)cccc12. The predicted molar refractivity (Wildman–Crippen MR) is 213 cm³/mol. The third-order valence-electron chi connectivity index (χ3n) is 10.0. The minimum atomic E-state index is -3.94. The molecule has 282 valence electrons. The van der Waals surface area contributed by atoms with Gasteiger partial charge in [-0.05, 0) is 43.5 Å². The molecule has 4 aromatic rings. The summed E-state index contributed by atoms with van der Waals surface area (Å²) in [5.41, 5.74) is 0.159. The average Bonchev–Trinajstić information content (AvgIpc) is 3.14. The molecule has 0 unspecified atom stereocenters. The van der Waals surface area contributed by atoms with E-state index >= 15 is 0 Å². The molecule has 52 heavy (non-hydrogen) atoms. The van der Waals surface area contributed by atoms with Crippen LogP contribution in [0.5, 0.6) is 5.75 Å². The Balaban J connectivity index is 1.13. The van der Waals surface area contributed by atoms with E-state index in [2.05, 4.69) is 21.7 Å². The third-order valence-corrected chi connectivity index (χ3v) is 11.2. The number of amides is 1. The fourth-order valence-corrected chi connectivity index (χ4v) is 8.35. The number of ether oxygens (including phenoxy) is 1. The Morgan fingerprint density at radius 1 is 0.731 bits per heavy atom. The van der Waals surface area contributed by atoms with E-state index in [4.69, 9.17) is 9.15 Å². The highest BCUT2D eigenvalue weighted by Gasteiger charge is 2.22. The molecular formula is C42H57N3O6S. The first-order valence-electron chi connectivity index (χ1n) is 19.7. The van der Waals surface area contributed by atoms with E-state index in [-0.39, 0.29) is 28.5 Å². The van der Waals surface area contributed by atoms with Crippen molar-refractivity contribution in [2.45, 2.75) is 135 Å². The molecule has 9 nitrogen and oxygen atoms in total. The van der Waals surface area contributed by atoms with Gasteiger partial charge in [0.05, 0.1) is 17.7 Å². The normalized spacial score (nSPS) is 13.8. The van der Waals surface area contributed by atoms with Crippen LogP contribution in [0.15, 0.2) is 69.9 Å². The van der Waals surface area contributed by atoms with Gasteiger partial charge in [-0.15, -0.1) is 0 Å². The average molecular weight is 732 g/mol. The quantitative estimate of drug-likeness (QED) is 0.0691. The molecule has 0 radical (unpaired) electrons.